The fourth-order valence-electron chi connectivity index (χ4n) is 1.53. The van der Waals surface area contributed by atoms with Gasteiger partial charge in [0.1, 0.15) is 5.82 Å². The van der Waals surface area contributed by atoms with Crippen molar-refractivity contribution in [1.82, 2.24) is 10.2 Å². The van der Waals surface area contributed by atoms with Gasteiger partial charge in [0, 0.05) is 12.6 Å². The Hall–Kier alpha value is -1.19. The van der Waals surface area contributed by atoms with Gasteiger partial charge in [0.25, 0.3) is 0 Å². The van der Waals surface area contributed by atoms with Crippen LogP contribution >= 0.6 is 0 Å². The molecule has 0 unspecified atom stereocenters. The second-order valence-corrected chi connectivity index (χ2v) is 3.19. The van der Waals surface area contributed by atoms with Gasteiger partial charge < -0.3 is 10.6 Å². The highest BCUT2D eigenvalue weighted by molar-refractivity contribution is 5.63. The van der Waals surface area contributed by atoms with Crippen LogP contribution in [0.2, 0.25) is 0 Å². The zero-order valence-corrected chi connectivity index (χ0v) is 7.25. The van der Waals surface area contributed by atoms with Gasteiger partial charge in [-0.05, 0) is 19.8 Å². The lowest BCUT2D eigenvalue weighted by atomic mass is 10.4. The molecule has 0 amide bonds. The van der Waals surface area contributed by atoms with E-state index in [1.54, 1.807) is 6.20 Å². The number of hydrogen-bond acceptors (Lipinski definition) is 3. The van der Waals surface area contributed by atoms with E-state index in [1.807, 2.05) is 0 Å². The van der Waals surface area contributed by atoms with Crippen molar-refractivity contribution in [2.24, 2.45) is 0 Å². The summed E-state index contributed by atoms with van der Waals surface area (Å²) in [5, 5.41) is 6.66. The Morgan fingerprint density at radius 2 is 2.50 bits per heavy atom. The molecule has 2 rings (SSSR count). The first-order valence-electron chi connectivity index (χ1n) is 4.38. The van der Waals surface area contributed by atoms with E-state index < -0.39 is 0 Å². The van der Waals surface area contributed by atoms with Gasteiger partial charge in [0.2, 0.25) is 0 Å². The van der Waals surface area contributed by atoms with Gasteiger partial charge in [-0.1, -0.05) is 0 Å². The van der Waals surface area contributed by atoms with Crippen LogP contribution in [0.4, 0.5) is 11.5 Å². The lowest BCUT2D eigenvalue weighted by Crippen LogP contribution is -2.25. The maximum absolute atomic E-state index is 5.72. The molecule has 1 saturated carbocycles. The molecule has 0 saturated heterocycles. The molecule has 1 aromatic rings. The third-order valence-corrected chi connectivity index (χ3v) is 2.29. The number of anilines is 2. The molecular formula is C8H14N4. The van der Waals surface area contributed by atoms with Gasteiger partial charge in [-0.15, -0.1) is 0 Å². The minimum Gasteiger partial charge on any atom is -0.382 e. The van der Waals surface area contributed by atoms with E-state index in [-0.39, 0.29) is 0 Å². The van der Waals surface area contributed by atoms with Gasteiger partial charge in [-0.25, -0.2) is 0 Å². The first kappa shape index (κ1) is 7.46. The van der Waals surface area contributed by atoms with Gasteiger partial charge in [0.05, 0.1) is 11.9 Å². The minimum atomic E-state index is 0.684. The SMILES string of the molecule is CCN(c1cn[nH]c1N)C1CC1. The normalized spacial score (nSPS) is 16.4. The minimum absolute atomic E-state index is 0.684. The van der Waals surface area contributed by atoms with Crippen LogP contribution in [0.5, 0.6) is 0 Å². The molecule has 66 valence electrons. The average Bonchev–Trinajstić information content (AvgIpc) is 2.80. The number of rotatable bonds is 3. The predicted octanol–water partition coefficient (Wildman–Crippen LogP) is 0.981. The van der Waals surface area contributed by atoms with Crippen molar-refractivity contribution in [3.05, 3.63) is 6.20 Å². The third-order valence-electron chi connectivity index (χ3n) is 2.29. The van der Waals surface area contributed by atoms with Crippen molar-refractivity contribution in [3.8, 4) is 0 Å². The van der Waals surface area contributed by atoms with E-state index in [1.165, 1.54) is 12.8 Å². The van der Waals surface area contributed by atoms with Crippen LogP contribution < -0.4 is 10.6 Å². The van der Waals surface area contributed by atoms with E-state index >= 15 is 0 Å². The van der Waals surface area contributed by atoms with Crippen LogP contribution in [0.3, 0.4) is 0 Å². The summed E-state index contributed by atoms with van der Waals surface area (Å²) in [4.78, 5) is 2.30. The Balaban J connectivity index is 2.20. The number of hydrogen-bond donors (Lipinski definition) is 2. The second-order valence-electron chi connectivity index (χ2n) is 3.19. The molecule has 0 aliphatic heterocycles. The maximum Gasteiger partial charge on any atom is 0.142 e. The van der Waals surface area contributed by atoms with Crippen molar-refractivity contribution in [3.63, 3.8) is 0 Å². The Labute approximate surface area is 71.7 Å². The topological polar surface area (TPSA) is 57.9 Å². The molecule has 1 heterocycles. The Bertz CT molecular complexity index is 264. The van der Waals surface area contributed by atoms with Crippen LogP contribution in [-0.4, -0.2) is 22.8 Å². The standard InChI is InChI=1S/C8H14N4/c1-2-12(6-3-4-6)7-5-10-11-8(7)9/h5-6H,2-4H2,1H3,(H3,9,10,11). The van der Waals surface area contributed by atoms with Crippen LogP contribution in [0.1, 0.15) is 19.8 Å². The summed E-state index contributed by atoms with van der Waals surface area (Å²) < 4.78 is 0. The Kier molecular flexibility index (Phi) is 1.67. The highest BCUT2D eigenvalue weighted by Crippen LogP contribution is 2.33. The lowest BCUT2D eigenvalue weighted by molar-refractivity contribution is 0.828. The molecule has 4 heteroatoms. The van der Waals surface area contributed by atoms with E-state index in [0.29, 0.717) is 11.9 Å². The summed E-state index contributed by atoms with van der Waals surface area (Å²) in [6, 6.07) is 0.704. The molecule has 1 aromatic heterocycles. The van der Waals surface area contributed by atoms with Crippen molar-refractivity contribution in [2.45, 2.75) is 25.8 Å². The maximum atomic E-state index is 5.72. The summed E-state index contributed by atoms with van der Waals surface area (Å²) >= 11 is 0. The van der Waals surface area contributed by atoms with Crippen molar-refractivity contribution in [2.75, 3.05) is 17.2 Å². The number of H-pyrrole nitrogens is 1. The van der Waals surface area contributed by atoms with Gasteiger partial charge in [0.15, 0.2) is 0 Å². The van der Waals surface area contributed by atoms with Crippen LogP contribution in [0.25, 0.3) is 0 Å². The number of nitrogens with two attached hydrogens (primary N) is 1. The van der Waals surface area contributed by atoms with Crippen LogP contribution in [-0.2, 0) is 0 Å². The molecule has 0 spiro atoms. The lowest BCUT2D eigenvalue weighted by Gasteiger charge is -2.20. The molecule has 0 bridgehead atoms. The summed E-state index contributed by atoms with van der Waals surface area (Å²) in [5.74, 6) is 0.684. The van der Waals surface area contributed by atoms with Crippen molar-refractivity contribution in [1.29, 1.82) is 0 Å². The molecule has 0 aromatic carbocycles. The van der Waals surface area contributed by atoms with Gasteiger partial charge in [-0.2, -0.15) is 5.10 Å². The van der Waals surface area contributed by atoms with Crippen LogP contribution in [0, 0.1) is 0 Å². The number of nitrogen functional groups attached to an aromatic ring is 1. The largest absolute Gasteiger partial charge is 0.382 e. The molecule has 1 fully saturated rings. The third kappa shape index (κ3) is 1.13. The van der Waals surface area contributed by atoms with E-state index in [9.17, 15) is 0 Å². The van der Waals surface area contributed by atoms with Gasteiger partial charge >= 0.3 is 0 Å². The molecule has 0 radical (unpaired) electrons. The van der Waals surface area contributed by atoms with E-state index in [0.717, 1.165) is 12.2 Å². The Morgan fingerprint density at radius 3 is 2.92 bits per heavy atom. The monoisotopic (exact) mass is 166 g/mol. The first-order chi connectivity index (χ1) is 5.83. The quantitative estimate of drug-likeness (QED) is 0.703. The predicted molar refractivity (Wildman–Crippen MR) is 49.0 cm³/mol. The first-order valence-corrected chi connectivity index (χ1v) is 4.38. The highest BCUT2D eigenvalue weighted by Gasteiger charge is 2.29. The fraction of sp³-hybridized carbons (Fsp3) is 0.625. The number of nitrogens with zero attached hydrogens (tertiary/aromatic N) is 2. The molecule has 12 heavy (non-hydrogen) atoms. The zero-order valence-electron chi connectivity index (χ0n) is 7.25. The van der Waals surface area contributed by atoms with E-state index in [4.69, 9.17) is 5.73 Å². The smallest absolute Gasteiger partial charge is 0.142 e. The summed E-state index contributed by atoms with van der Waals surface area (Å²) in [5.41, 5.74) is 6.78. The number of aromatic amines is 1. The summed E-state index contributed by atoms with van der Waals surface area (Å²) in [7, 11) is 0. The van der Waals surface area contributed by atoms with Gasteiger partial charge in [-0.3, -0.25) is 5.10 Å². The fourth-order valence-corrected chi connectivity index (χ4v) is 1.53. The number of nitrogens with one attached hydrogen (secondary N) is 1. The van der Waals surface area contributed by atoms with E-state index in [2.05, 4.69) is 22.0 Å². The Morgan fingerprint density at radius 1 is 1.75 bits per heavy atom. The second kappa shape index (κ2) is 2.69. The molecular weight excluding hydrogens is 152 g/mol. The molecule has 1 aliphatic carbocycles. The zero-order chi connectivity index (χ0) is 8.55. The molecule has 3 N–H and O–H groups in total. The van der Waals surface area contributed by atoms with Crippen molar-refractivity contribution < 1.29 is 0 Å². The summed E-state index contributed by atoms with van der Waals surface area (Å²) in [6.45, 7) is 3.15. The highest BCUT2D eigenvalue weighted by atomic mass is 15.3. The average molecular weight is 166 g/mol. The number of aromatic nitrogens is 2. The van der Waals surface area contributed by atoms with Crippen molar-refractivity contribution >= 4 is 11.5 Å². The molecule has 4 nitrogen and oxygen atoms in total. The molecule has 0 atom stereocenters. The molecule has 1 aliphatic rings. The van der Waals surface area contributed by atoms with Crippen LogP contribution in [0.15, 0.2) is 6.20 Å². The summed E-state index contributed by atoms with van der Waals surface area (Å²) in [6.07, 6.45) is 4.38.